The maximum Gasteiger partial charge on any atom is 0.160 e. The van der Waals surface area contributed by atoms with Gasteiger partial charge in [-0.15, -0.1) is 0 Å². The third kappa shape index (κ3) is 5.28. The van der Waals surface area contributed by atoms with Crippen LogP contribution in [0.1, 0.15) is 24.0 Å². The van der Waals surface area contributed by atoms with Crippen LogP contribution in [0.15, 0.2) is 42.5 Å². The minimum atomic E-state index is -0.206. The zero-order chi connectivity index (χ0) is 18.2. The third-order valence-electron chi connectivity index (χ3n) is 3.80. The Kier molecular flexibility index (Phi) is 6.46. The molecule has 25 heavy (non-hydrogen) atoms. The van der Waals surface area contributed by atoms with E-state index in [2.05, 4.69) is 0 Å². The summed E-state index contributed by atoms with van der Waals surface area (Å²) in [6.07, 6.45) is 5.02. The fraction of sp³-hybridized carbons (Fsp3) is 0.250. The number of rotatable bonds is 8. The average Bonchev–Trinajstić information content (AvgIpc) is 2.62. The Labute approximate surface area is 147 Å². The molecule has 0 aliphatic heterocycles. The number of hydrogen-bond acceptors (Lipinski definition) is 5. The SMILES string of the molecule is COc1ccc(CCCC(=O)/C=C/c2ccc(O)c(O)c2)cc1OC. The molecule has 2 aromatic carbocycles. The Morgan fingerprint density at radius 3 is 2.44 bits per heavy atom. The second-order valence-corrected chi connectivity index (χ2v) is 5.59. The summed E-state index contributed by atoms with van der Waals surface area (Å²) in [4.78, 5) is 11.9. The molecule has 0 bridgehead atoms. The summed E-state index contributed by atoms with van der Waals surface area (Å²) >= 11 is 0. The fourth-order valence-corrected chi connectivity index (χ4v) is 2.42. The van der Waals surface area contributed by atoms with Crippen molar-refractivity contribution >= 4 is 11.9 Å². The molecule has 0 aromatic heterocycles. The lowest BCUT2D eigenvalue weighted by atomic mass is 10.1. The molecule has 2 rings (SSSR count). The Morgan fingerprint density at radius 2 is 1.76 bits per heavy atom. The van der Waals surface area contributed by atoms with E-state index in [1.807, 2.05) is 18.2 Å². The van der Waals surface area contributed by atoms with E-state index in [1.165, 1.54) is 18.2 Å². The molecule has 0 unspecified atom stereocenters. The van der Waals surface area contributed by atoms with E-state index < -0.39 is 0 Å². The van der Waals surface area contributed by atoms with E-state index in [1.54, 1.807) is 26.4 Å². The highest BCUT2D eigenvalue weighted by molar-refractivity contribution is 5.93. The molecule has 0 atom stereocenters. The number of phenolic OH excluding ortho intramolecular Hbond substituents is 2. The molecule has 0 amide bonds. The smallest absolute Gasteiger partial charge is 0.160 e. The van der Waals surface area contributed by atoms with Gasteiger partial charge in [-0.05, 0) is 54.3 Å². The number of aromatic hydroxyl groups is 2. The van der Waals surface area contributed by atoms with Crippen LogP contribution in [0.3, 0.4) is 0 Å². The second kappa shape index (κ2) is 8.78. The monoisotopic (exact) mass is 342 g/mol. The van der Waals surface area contributed by atoms with E-state index in [4.69, 9.17) is 9.47 Å². The lowest BCUT2D eigenvalue weighted by Gasteiger charge is -2.09. The van der Waals surface area contributed by atoms with Crippen molar-refractivity contribution in [2.75, 3.05) is 14.2 Å². The largest absolute Gasteiger partial charge is 0.504 e. The van der Waals surface area contributed by atoms with Crippen molar-refractivity contribution in [1.82, 2.24) is 0 Å². The Morgan fingerprint density at radius 1 is 1.00 bits per heavy atom. The maximum absolute atomic E-state index is 11.9. The summed E-state index contributed by atoms with van der Waals surface area (Å²) < 4.78 is 10.5. The van der Waals surface area contributed by atoms with Crippen molar-refractivity contribution in [2.45, 2.75) is 19.3 Å². The van der Waals surface area contributed by atoms with Crippen LogP contribution in [0.2, 0.25) is 0 Å². The molecule has 0 saturated carbocycles. The Balaban J connectivity index is 1.86. The second-order valence-electron chi connectivity index (χ2n) is 5.59. The van der Waals surface area contributed by atoms with Gasteiger partial charge in [0.25, 0.3) is 0 Å². The Bertz CT molecular complexity index is 765. The van der Waals surface area contributed by atoms with Crippen molar-refractivity contribution in [2.24, 2.45) is 0 Å². The van der Waals surface area contributed by atoms with Gasteiger partial charge in [-0.2, -0.15) is 0 Å². The number of phenols is 2. The van der Waals surface area contributed by atoms with Gasteiger partial charge in [0.2, 0.25) is 0 Å². The number of benzene rings is 2. The first-order valence-corrected chi connectivity index (χ1v) is 7.97. The maximum atomic E-state index is 11.9. The van der Waals surface area contributed by atoms with E-state index in [0.717, 1.165) is 18.4 Å². The van der Waals surface area contributed by atoms with Crippen molar-refractivity contribution in [3.63, 3.8) is 0 Å². The van der Waals surface area contributed by atoms with Gasteiger partial charge in [0, 0.05) is 6.42 Å². The quantitative estimate of drug-likeness (QED) is 0.565. The molecule has 2 N–H and O–H groups in total. The van der Waals surface area contributed by atoms with Crippen LogP contribution < -0.4 is 9.47 Å². The van der Waals surface area contributed by atoms with Crippen LogP contribution in [0.4, 0.5) is 0 Å². The number of hydrogen-bond donors (Lipinski definition) is 2. The highest BCUT2D eigenvalue weighted by atomic mass is 16.5. The molecule has 132 valence electrons. The van der Waals surface area contributed by atoms with Crippen LogP contribution in [0, 0.1) is 0 Å². The first-order chi connectivity index (χ1) is 12.0. The topological polar surface area (TPSA) is 76.0 Å². The molecule has 0 radical (unpaired) electrons. The summed E-state index contributed by atoms with van der Waals surface area (Å²) in [6, 6.07) is 10.1. The van der Waals surface area contributed by atoms with E-state index in [0.29, 0.717) is 23.5 Å². The minimum Gasteiger partial charge on any atom is -0.504 e. The van der Waals surface area contributed by atoms with Gasteiger partial charge in [-0.1, -0.05) is 18.2 Å². The van der Waals surface area contributed by atoms with Gasteiger partial charge in [-0.3, -0.25) is 4.79 Å². The van der Waals surface area contributed by atoms with Gasteiger partial charge >= 0.3 is 0 Å². The first-order valence-electron chi connectivity index (χ1n) is 7.97. The van der Waals surface area contributed by atoms with Crippen LogP contribution in [0.25, 0.3) is 6.08 Å². The van der Waals surface area contributed by atoms with E-state index in [-0.39, 0.29) is 17.3 Å². The van der Waals surface area contributed by atoms with Crippen molar-refractivity contribution in [3.05, 3.63) is 53.6 Å². The molecule has 0 aliphatic rings. The Hall–Kier alpha value is -2.95. The lowest BCUT2D eigenvalue weighted by Crippen LogP contribution is -1.96. The van der Waals surface area contributed by atoms with E-state index >= 15 is 0 Å². The van der Waals surface area contributed by atoms with Gasteiger partial charge in [0.1, 0.15) is 0 Å². The number of ether oxygens (including phenoxy) is 2. The molecule has 5 nitrogen and oxygen atoms in total. The number of ketones is 1. The predicted octanol–water partition coefficient (Wildman–Crippen LogP) is 3.72. The minimum absolute atomic E-state index is 0.00745. The van der Waals surface area contributed by atoms with Crippen LogP contribution >= 0.6 is 0 Å². The third-order valence-corrected chi connectivity index (χ3v) is 3.80. The molecular weight excluding hydrogens is 320 g/mol. The predicted molar refractivity (Wildman–Crippen MR) is 96.3 cm³/mol. The summed E-state index contributed by atoms with van der Waals surface area (Å²) in [6.45, 7) is 0. The van der Waals surface area contributed by atoms with Gasteiger partial charge in [-0.25, -0.2) is 0 Å². The van der Waals surface area contributed by atoms with Gasteiger partial charge in [0.05, 0.1) is 14.2 Å². The molecule has 0 spiro atoms. The van der Waals surface area contributed by atoms with Gasteiger partial charge in [0.15, 0.2) is 28.8 Å². The zero-order valence-corrected chi connectivity index (χ0v) is 14.4. The standard InChI is InChI=1S/C20H22O5/c1-24-19-11-8-14(13-20(19)25-2)4-3-5-16(21)9-6-15-7-10-17(22)18(23)12-15/h6-13,22-23H,3-5H2,1-2H3/b9-6+. The fourth-order valence-electron chi connectivity index (χ4n) is 2.42. The number of methoxy groups -OCH3 is 2. The van der Waals surface area contributed by atoms with E-state index in [9.17, 15) is 15.0 Å². The molecule has 5 heteroatoms. The molecule has 0 fully saturated rings. The molecule has 0 aliphatic carbocycles. The number of aryl methyl sites for hydroxylation is 1. The number of carbonyl (C=O) groups is 1. The van der Waals surface area contributed by atoms with Crippen LogP contribution in [0.5, 0.6) is 23.0 Å². The number of carbonyl (C=O) groups excluding carboxylic acids is 1. The summed E-state index contributed by atoms with van der Waals surface area (Å²) in [5.41, 5.74) is 1.74. The highest BCUT2D eigenvalue weighted by Crippen LogP contribution is 2.28. The molecule has 2 aromatic rings. The average molecular weight is 342 g/mol. The number of allylic oxidation sites excluding steroid dienone is 1. The van der Waals surface area contributed by atoms with Crippen molar-refractivity contribution < 1.29 is 24.5 Å². The summed E-state index contributed by atoms with van der Waals surface area (Å²) in [7, 11) is 3.19. The highest BCUT2D eigenvalue weighted by Gasteiger charge is 2.05. The van der Waals surface area contributed by atoms with Crippen LogP contribution in [-0.2, 0) is 11.2 Å². The normalized spacial score (nSPS) is 10.8. The molecular formula is C20H22O5. The van der Waals surface area contributed by atoms with Gasteiger partial charge < -0.3 is 19.7 Å². The van der Waals surface area contributed by atoms with Crippen molar-refractivity contribution in [3.8, 4) is 23.0 Å². The molecule has 0 saturated heterocycles. The summed E-state index contributed by atoms with van der Waals surface area (Å²) in [5.74, 6) is 0.982. The molecule has 0 heterocycles. The van der Waals surface area contributed by atoms with Crippen LogP contribution in [-0.4, -0.2) is 30.2 Å². The lowest BCUT2D eigenvalue weighted by molar-refractivity contribution is -0.114. The zero-order valence-electron chi connectivity index (χ0n) is 14.4. The first kappa shape index (κ1) is 18.4. The summed E-state index contributed by atoms with van der Waals surface area (Å²) in [5, 5.41) is 18.7. The van der Waals surface area contributed by atoms with Crippen molar-refractivity contribution in [1.29, 1.82) is 0 Å².